The molecular formula is C27H31N3O2. The number of fused-ring (bicyclic) bond motifs is 1. The van der Waals surface area contributed by atoms with Gasteiger partial charge >= 0.3 is 0 Å². The Balaban J connectivity index is 1.43. The highest BCUT2D eigenvalue weighted by molar-refractivity contribution is 6.12. The fourth-order valence-corrected chi connectivity index (χ4v) is 4.18. The molecule has 2 aromatic rings. The predicted octanol–water partition coefficient (Wildman–Crippen LogP) is 5.14. The van der Waals surface area contributed by atoms with Crippen molar-refractivity contribution in [1.82, 2.24) is 10.9 Å². The molecule has 2 unspecified atom stereocenters. The van der Waals surface area contributed by atoms with E-state index in [1.54, 1.807) is 0 Å². The highest BCUT2D eigenvalue weighted by Crippen LogP contribution is 2.56. The van der Waals surface area contributed by atoms with Crippen LogP contribution in [0.3, 0.4) is 0 Å². The van der Waals surface area contributed by atoms with E-state index in [1.165, 1.54) is 0 Å². The summed E-state index contributed by atoms with van der Waals surface area (Å²) in [6.07, 6.45) is 10.9. The van der Waals surface area contributed by atoms with E-state index >= 15 is 0 Å². The Bertz CT molecular complexity index is 1030. The van der Waals surface area contributed by atoms with E-state index in [0.717, 1.165) is 49.1 Å². The first-order valence-electron chi connectivity index (χ1n) is 11.5. The number of para-hydroxylation sites is 1. The molecule has 5 heteroatoms. The highest BCUT2D eigenvalue weighted by atomic mass is 16.5. The number of hydrogen-bond acceptors (Lipinski definition) is 4. The Kier molecular flexibility index (Phi) is 6.86. The maximum absolute atomic E-state index is 12.8. The van der Waals surface area contributed by atoms with E-state index in [-0.39, 0.29) is 11.8 Å². The number of hydrogen-bond donors (Lipinski definition) is 3. The lowest BCUT2D eigenvalue weighted by atomic mass is 10.0. The van der Waals surface area contributed by atoms with Gasteiger partial charge in [0.15, 0.2) is 0 Å². The average molecular weight is 430 g/mol. The summed E-state index contributed by atoms with van der Waals surface area (Å²) in [5.41, 5.74) is 7.52. The van der Waals surface area contributed by atoms with Crippen molar-refractivity contribution in [3.8, 4) is 5.75 Å². The van der Waals surface area contributed by atoms with Crippen molar-refractivity contribution in [1.29, 1.82) is 5.41 Å². The first-order chi connectivity index (χ1) is 15.6. The molecule has 4 rings (SSSR count). The molecule has 2 aromatic carbocycles. The average Bonchev–Trinajstić information content (AvgIpc) is 3.54. The molecule has 0 aliphatic heterocycles. The highest BCUT2D eigenvalue weighted by Gasteiger charge is 2.57. The summed E-state index contributed by atoms with van der Waals surface area (Å²) in [6, 6.07) is 17.3. The van der Waals surface area contributed by atoms with Gasteiger partial charge in [0.25, 0.3) is 0 Å². The van der Waals surface area contributed by atoms with Crippen LogP contribution in [0.25, 0.3) is 0 Å². The van der Waals surface area contributed by atoms with Crippen LogP contribution < -0.4 is 15.6 Å². The second-order valence-electron chi connectivity index (χ2n) is 8.52. The zero-order valence-electron chi connectivity index (χ0n) is 18.6. The lowest BCUT2D eigenvalue weighted by molar-refractivity contribution is -0.126. The molecule has 2 atom stereocenters. The van der Waals surface area contributed by atoms with E-state index in [1.807, 2.05) is 66.7 Å². The molecule has 5 nitrogen and oxygen atoms in total. The lowest BCUT2D eigenvalue weighted by Gasteiger charge is -2.14. The SMILES string of the molecule is CCCCCNNC(=O)C12C=CCC(Oc3ccccc3C(=N)c3ccccc3)=CC1C2. The number of hydrazine groups is 1. The Morgan fingerprint density at radius 1 is 1.12 bits per heavy atom. The largest absolute Gasteiger partial charge is 0.461 e. The van der Waals surface area contributed by atoms with Crippen molar-refractivity contribution in [3.63, 3.8) is 0 Å². The normalized spacial score (nSPS) is 21.2. The Labute approximate surface area is 190 Å². The maximum Gasteiger partial charge on any atom is 0.244 e. The van der Waals surface area contributed by atoms with Gasteiger partial charge in [0, 0.05) is 24.1 Å². The molecule has 166 valence electrons. The summed E-state index contributed by atoms with van der Waals surface area (Å²) < 4.78 is 6.28. The van der Waals surface area contributed by atoms with Crippen LogP contribution in [0, 0.1) is 16.7 Å². The van der Waals surface area contributed by atoms with Crippen LogP contribution >= 0.6 is 0 Å². The van der Waals surface area contributed by atoms with Crippen molar-refractivity contribution in [2.75, 3.05) is 6.54 Å². The third-order valence-corrected chi connectivity index (χ3v) is 6.17. The molecule has 32 heavy (non-hydrogen) atoms. The van der Waals surface area contributed by atoms with Gasteiger partial charge in [-0.05, 0) is 37.0 Å². The van der Waals surface area contributed by atoms with Gasteiger partial charge in [-0.1, -0.05) is 74.4 Å². The summed E-state index contributed by atoms with van der Waals surface area (Å²) in [6.45, 7) is 2.95. The minimum absolute atomic E-state index is 0.0269. The van der Waals surface area contributed by atoms with Gasteiger partial charge in [0.1, 0.15) is 11.5 Å². The van der Waals surface area contributed by atoms with Crippen molar-refractivity contribution >= 4 is 11.6 Å². The van der Waals surface area contributed by atoms with Crippen LogP contribution in [0.1, 0.15) is 50.2 Å². The molecule has 0 radical (unpaired) electrons. The number of ether oxygens (including phenoxy) is 1. The van der Waals surface area contributed by atoms with E-state index in [2.05, 4.69) is 23.9 Å². The molecule has 0 spiro atoms. The molecule has 3 N–H and O–H groups in total. The Morgan fingerprint density at radius 3 is 2.72 bits per heavy atom. The molecule has 0 saturated heterocycles. The van der Waals surface area contributed by atoms with Gasteiger partial charge in [-0.25, -0.2) is 5.43 Å². The standard InChI is InChI=1S/C27H31N3O2/c1-2-3-9-17-29-30-26(31)27-16-10-13-22(18-21(27)19-27)32-24-15-8-7-14-23(24)25(28)20-11-5-4-6-12-20/h4-8,10-12,14-16,18,21,28-29H,2-3,9,13,17,19H2,1H3,(H,30,31). The monoisotopic (exact) mass is 429 g/mol. The molecule has 1 saturated carbocycles. The third kappa shape index (κ3) is 4.83. The van der Waals surface area contributed by atoms with Crippen LogP contribution in [-0.4, -0.2) is 18.2 Å². The van der Waals surface area contributed by atoms with E-state index in [4.69, 9.17) is 10.1 Å². The number of allylic oxidation sites excluding steroid dienone is 2. The van der Waals surface area contributed by atoms with E-state index in [9.17, 15) is 4.79 Å². The summed E-state index contributed by atoms with van der Waals surface area (Å²) in [7, 11) is 0. The zero-order chi connectivity index (χ0) is 22.4. The number of nitrogens with one attached hydrogen (secondary N) is 3. The Morgan fingerprint density at radius 2 is 1.91 bits per heavy atom. The van der Waals surface area contributed by atoms with Crippen molar-refractivity contribution in [2.45, 2.75) is 39.0 Å². The Hall–Kier alpha value is -3.18. The number of unbranched alkanes of at least 4 members (excludes halogenated alkanes) is 2. The number of carbonyl (C=O) groups is 1. The molecule has 0 aromatic heterocycles. The number of amides is 1. The van der Waals surface area contributed by atoms with Crippen LogP contribution in [0.5, 0.6) is 5.75 Å². The topological polar surface area (TPSA) is 74.2 Å². The first-order valence-corrected chi connectivity index (χ1v) is 11.5. The van der Waals surface area contributed by atoms with Crippen molar-refractivity contribution in [2.24, 2.45) is 11.3 Å². The molecule has 1 fully saturated rings. The number of benzene rings is 2. The fourth-order valence-electron chi connectivity index (χ4n) is 4.18. The summed E-state index contributed by atoms with van der Waals surface area (Å²) in [4.78, 5) is 12.8. The molecule has 2 aliphatic rings. The van der Waals surface area contributed by atoms with E-state index < -0.39 is 5.41 Å². The lowest BCUT2D eigenvalue weighted by Crippen LogP contribution is -2.42. The zero-order valence-corrected chi connectivity index (χ0v) is 18.6. The summed E-state index contributed by atoms with van der Waals surface area (Å²) >= 11 is 0. The predicted molar refractivity (Wildman–Crippen MR) is 127 cm³/mol. The maximum atomic E-state index is 12.8. The van der Waals surface area contributed by atoms with Crippen LogP contribution in [0.15, 0.2) is 78.6 Å². The smallest absolute Gasteiger partial charge is 0.244 e. The van der Waals surface area contributed by atoms with Crippen LogP contribution in [-0.2, 0) is 4.79 Å². The van der Waals surface area contributed by atoms with Crippen molar-refractivity contribution in [3.05, 3.63) is 89.7 Å². The first kappa shape index (κ1) is 22.0. The van der Waals surface area contributed by atoms with Gasteiger partial charge in [-0.15, -0.1) is 0 Å². The van der Waals surface area contributed by atoms with Crippen molar-refractivity contribution < 1.29 is 9.53 Å². The number of carbonyl (C=O) groups excluding carboxylic acids is 1. The molecule has 2 aliphatic carbocycles. The molecule has 0 bridgehead atoms. The van der Waals surface area contributed by atoms with Gasteiger partial charge in [-0.2, -0.15) is 0 Å². The van der Waals surface area contributed by atoms with Crippen LogP contribution in [0.2, 0.25) is 0 Å². The second-order valence-corrected chi connectivity index (χ2v) is 8.52. The minimum atomic E-state index is -0.473. The van der Waals surface area contributed by atoms with E-state index in [0.29, 0.717) is 17.9 Å². The summed E-state index contributed by atoms with van der Waals surface area (Å²) in [5, 5.41) is 8.64. The van der Waals surface area contributed by atoms with Gasteiger partial charge in [0.2, 0.25) is 5.91 Å². The van der Waals surface area contributed by atoms with Gasteiger partial charge < -0.3 is 4.74 Å². The molecule has 0 heterocycles. The molecular weight excluding hydrogens is 398 g/mol. The fraction of sp³-hybridized carbons (Fsp3) is 0.333. The quantitative estimate of drug-likeness (QED) is 0.212. The summed E-state index contributed by atoms with van der Waals surface area (Å²) in [5.74, 6) is 1.65. The van der Waals surface area contributed by atoms with Gasteiger partial charge in [-0.3, -0.25) is 15.6 Å². The third-order valence-electron chi connectivity index (χ3n) is 6.17. The van der Waals surface area contributed by atoms with Gasteiger partial charge in [0.05, 0.1) is 11.1 Å². The minimum Gasteiger partial charge on any atom is -0.461 e. The van der Waals surface area contributed by atoms with Crippen LogP contribution in [0.4, 0.5) is 0 Å². The number of rotatable bonds is 10. The second kappa shape index (κ2) is 9.96. The molecule has 1 amide bonds.